The van der Waals surface area contributed by atoms with Crippen molar-refractivity contribution >= 4 is 11.6 Å². The summed E-state index contributed by atoms with van der Waals surface area (Å²) in [6, 6.07) is 2.22. The Balaban J connectivity index is 1.63. The van der Waals surface area contributed by atoms with Crippen LogP contribution < -0.4 is 0 Å². The summed E-state index contributed by atoms with van der Waals surface area (Å²) in [7, 11) is 0. The molecule has 0 aromatic carbocycles. The number of hydrogen-bond donors (Lipinski definition) is 1. The molecule has 0 saturated heterocycles. The third-order valence-corrected chi connectivity index (χ3v) is 13.3. The number of fused-ring (bicyclic) bond motifs is 7. The highest BCUT2D eigenvalue weighted by atomic mass is 16.3. The number of hydrogen-bond acceptors (Lipinski definition) is 4. The van der Waals surface area contributed by atoms with Crippen LogP contribution in [0.5, 0.6) is 0 Å². The lowest BCUT2D eigenvalue weighted by molar-refractivity contribution is -0.224. The fourth-order valence-electron chi connectivity index (χ4n) is 11.1. The number of allylic oxidation sites excluding steroid dienone is 2. The van der Waals surface area contributed by atoms with E-state index in [2.05, 4.69) is 40.7 Å². The molecule has 0 bridgehead atoms. The molecule has 8 unspecified atom stereocenters. The first-order valence-electron chi connectivity index (χ1n) is 14.4. The second kappa shape index (κ2) is 7.78. The van der Waals surface area contributed by atoms with Gasteiger partial charge in [0.05, 0.1) is 5.57 Å². The molecule has 4 fully saturated rings. The van der Waals surface area contributed by atoms with Gasteiger partial charge in [0, 0.05) is 24.4 Å². The molecule has 0 spiro atoms. The molecule has 5 aliphatic rings. The summed E-state index contributed by atoms with van der Waals surface area (Å²) in [6.07, 6.45) is 10.9. The van der Waals surface area contributed by atoms with Crippen LogP contribution in [0, 0.1) is 67.5 Å². The van der Waals surface area contributed by atoms with E-state index in [4.69, 9.17) is 0 Å². The van der Waals surface area contributed by atoms with E-state index < -0.39 is 5.41 Å². The van der Waals surface area contributed by atoms with Crippen LogP contribution in [0.1, 0.15) is 106 Å². The predicted molar refractivity (Wildman–Crippen MR) is 141 cm³/mol. The molecule has 0 aliphatic heterocycles. The van der Waals surface area contributed by atoms with Gasteiger partial charge in [-0.25, -0.2) is 0 Å². The fourth-order valence-corrected chi connectivity index (χ4v) is 11.1. The summed E-state index contributed by atoms with van der Waals surface area (Å²) >= 11 is 0. The van der Waals surface area contributed by atoms with Crippen LogP contribution in [-0.2, 0) is 9.59 Å². The van der Waals surface area contributed by atoms with Crippen molar-refractivity contribution in [2.24, 2.45) is 56.2 Å². The van der Waals surface area contributed by atoms with Crippen molar-refractivity contribution in [1.29, 1.82) is 5.26 Å². The van der Waals surface area contributed by atoms with E-state index in [-0.39, 0.29) is 57.2 Å². The molecule has 1 N–H and O–H groups in total. The van der Waals surface area contributed by atoms with Gasteiger partial charge >= 0.3 is 0 Å². The van der Waals surface area contributed by atoms with Gasteiger partial charge in [0.25, 0.3) is 0 Å². The lowest BCUT2D eigenvalue weighted by Gasteiger charge is -2.72. The average molecular weight is 494 g/mol. The first-order chi connectivity index (χ1) is 16.6. The molecule has 5 aliphatic carbocycles. The third kappa shape index (κ3) is 3.14. The van der Waals surface area contributed by atoms with E-state index in [1.807, 2.05) is 19.9 Å². The van der Waals surface area contributed by atoms with Gasteiger partial charge in [-0.05, 0) is 96.2 Å². The quantitative estimate of drug-likeness (QED) is 0.466. The van der Waals surface area contributed by atoms with E-state index in [1.165, 1.54) is 6.42 Å². The summed E-state index contributed by atoms with van der Waals surface area (Å²) < 4.78 is 0. The number of Topliss-reactive ketones (excluding diaryl/α,β-unsaturated/α-hetero) is 2. The van der Waals surface area contributed by atoms with Crippen LogP contribution in [-0.4, -0.2) is 23.3 Å². The molecule has 4 saturated carbocycles. The number of rotatable bonds is 2. The van der Waals surface area contributed by atoms with Crippen molar-refractivity contribution in [3.05, 3.63) is 11.6 Å². The fraction of sp³-hybridized carbons (Fsp3) is 0.844. The zero-order valence-electron chi connectivity index (χ0n) is 23.7. The van der Waals surface area contributed by atoms with Gasteiger partial charge in [-0.2, -0.15) is 5.26 Å². The molecule has 0 aromatic rings. The summed E-state index contributed by atoms with van der Waals surface area (Å²) in [6.45, 7) is 16.1. The standard InChI is InChI=1S/C32H47NO3/c1-27(2)10-12-32(14-15-34)13-11-31(7)25(21(32)18-27)22(35)16-24-29(5)17-20(19-33)26(36)28(3,4)23(29)8-9-30(24,31)6/h17,21,23-25,34H,8-16,18H2,1-7H3. The molecule has 198 valence electrons. The largest absolute Gasteiger partial charge is 0.396 e. The predicted octanol–water partition coefficient (Wildman–Crippen LogP) is 6.67. The van der Waals surface area contributed by atoms with Crippen LogP contribution >= 0.6 is 0 Å². The van der Waals surface area contributed by atoms with E-state index in [9.17, 15) is 20.0 Å². The van der Waals surface area contributed by atoms with Crippen molar-refractivity contribution in [3.8, 4) is 6.07 Å². The molecule has 8 atom stereocenters. The van der Waals surface area contributed by atoms with Crippen molar-refractivity contribution in [1.82, 2.24) is 0 Å². The van der Waals surface area contributed by atoms with E-state index in [1.54, 1.807) is 0 Å². The molecule has 0 amide bonds. The molecule has 5 rings (SSSR count). The van der Waals surface area contributed by atoms with Gasteiger partial charge in [0.15, 0.2) is 5.78 Å². The van der Waals surface area contributed by atoms with Gasteiger partial charge in [0.2, 0.25) is 0 Å². The highest BCUT2D eigenvalue weighted by Crippen LogP contribution is 2.76. The highest BCUT2D eigenvalue weighted by Gasteiger charge is 2.71. The number of nitriles is 1. The number of ketones is 2. The summed E-state index contributed by atoms with van der Waals surface area (Å²) in [5.74, 6) is 1.03. The summed E-state index contributed by atoms with van der Waals surface area (Å²) in [5, 5.41) is 20.0. The first-order valence-corrected chi connectivity index (χ1v) is 14.4. The Kier molecular flexibility index (Phi) is 5.65. The second-order valence-corrected chi connectivity index (χ2v) is 15.5. The Labute approximate surface area is 218 Å². The molecular formula is C32H47NO3. The van der Waals surface area contributed by atoms with E-state index in [0.29, 0.717) is 23.7 Å². The van der Waals surface area contributed by atoms with Crippen molar-refractivity contribution in [2.45, 2.75) is 106 Å². The first kappa shape index (κ1) is 26.1. The van der Waals surface area contributed by atoms with Crippen LogP contribution in [0.25, 0.3) is 0 Å². The van der Waals surface area contributed by atoms with Gasteiger partial charge in [0.1, 0.15) is 11.9 Å². The molecule has 4 nitrogen and oxygen atoms in total. The maximum atomic E-state index is 14.4. The Morgan fingerprint density at radius 1 is 0.944 bits per heavy atom. The van der Waals surface area contributed by atoms with Crippen molar-refractivity contribution in [3.63, 3.8) is 0 Å². The van der Waals surface area contributed by atoms with Crippen molar-refractivity contribution in [2.75, 3.05) is 6.61 Å². The SMILES string of the molecule is CC1(C)CCC2(CCO)CCC3(C)C(C(=O)CC4C5(C)C=C(C#N)C(=O)C(C)(C)C5CCC43C)C2C1. The van der Waals surface area contributed by atoms with Gasteiger partial charge in [-0.1, -0.05) is 54.5 Å². The van der Waals surface area contributed by atoms with Crippen LogP contribution in [0.3, 0.4) is 0 Å². The Morgan fingerprint density at radius 2 is 1.61 bits per heavy atom. The third-order valence-electron chi connectivity index (χ3n) is 13.3. The maximum absolute atomic E-state index is 14.4. The van der Waals surface area contributed by atoms with Crippen LogP contribution in [0.4, 0.5) is 0 Å². The molecule has 4 heteroatoms. The average Bonchev–Trinajstić information content (AvgIpc) is 2.79. The highest BCUT2D eigenvalue weighted by molar-refractivity contribution is 6.04. The minimum absolute atomic E-state index is 0.0295. The van der Waals surface area contributed by atoms with Crippen LogP contribution in [0.15, 0.2) is 11.6 Å². The molecule has 36 heavy (non-hydrogen) atoms. The lowest BCUT2D eigenvalue weighted by atomic mass is 9.31. The number of aliphatic hydroxyl groups excluding tert-OH is 1. The number of aliphatic hydroxyl groups is 1. The smallest absolute Gasteiger partial charge is 0.178 e. The summed E-state index contributed by atoms with van der Waals surface area (Å²) in [4.78, 5) is 27.6. The maximum Gasteiger partial charge on any atom is 0.178 e. The second-order valence-electron chi connectivity index (χ2n) is 15.5. The monoisotopic (exact) mass is 493 g/mol. The van der Waals surface area contributed by atoms with Crippen LogP contribution in [0.2, 0.25) is 0 Å². The zero-order valence-corrected chi connectivity index (χ0v) is 23.7. The summed E-state index contributed by atoms with van der Waals surface area (Å²) in [5.41, 5.74) is -0.468. The zero-order chi connectivity index (χ0) is 26.5. The minimum atomic E-state index is -0.590. The number of carbonyl (C=O) groups is 2. The van der Waals surface area contributed by atoms with Crippen molar-refractivity contribution < 1.29 is 14.7 Å². The van der Waals surface area contributed by atoms with E-state index in [0.717, 1.165) is 44.9 Å². The molecular weight excluding hydrogens is 446 g/mol. The minimum Gasteiger partial charge on any atom is -0.396 e. The lowest BCUT2D eigenvalue weighted by Crippen LogP contribution is -2.68. The Morgan fingerprint density at radius 3 is 2.25 bits per heavy atom. The van der Waals surface area contributed by atoms with Gasteiger partial charge in [-0.3, -0.25) is 9.59 Å². The molecule has 0 radical (unpaired) electrons. The topological polar surface area (TPSA) is 78.2 Å². The van der Waals surface area contributed by atoms with Gasteiger partial charge in [-0.15, -0.1) is 0 Å². The normalized spacial score (nSPS) is 49.0. The molecule has 0 heterocycles. The number of nitrogens with zero attached hydrogens (tertiary/aromatic N) is 1. The molecule has 0 aromatic heterocycles. The Hall–Kier alpha value is -1.47. The number of carbonyl (C=O) groups excluding carboxylic acids is 2. The van der Waals surface area contributed by atoms with E-state index >= 15 is 0 Å². The van der Waals surface area contributed by atoms with Gasteiger partial charge < -0.3 is 5.11 Å². The Bertz CT molecular complexity index is 1060.